The van der Waals surface area contributed by atoms with Gasteiger partial charge in [0, 0.05) is 42.1 Å². The molecule has 1 saturated carbocycles. The van der Waals surface area contributed by atoms with Gasteiger partial charge in [-0.15, -0.1) is 0 Å². The highest BCUT2D eigenvalue weighted by Crippen LogP contribution is 2.58. The Labute approximate surface area is 187 Å². The van der Waals surface area contributed by atoms with Crippen molar-refractivity contribution in [1.29, 1.82) is 0 Å². The van der Waals surface area contributed by atoms with E-state index < -0.39 is 0 Å². The smallest absolute Gasteiger partial charge is 0.243 e. The van der Waals surface area contributed by atoms with Crippen LogP contribution in [0.15, 0.2) is 42.6 Å². The fraction of sp³-hybridized carbons (Fsp3) is 0.400. The molecular weight excluding hydrogens is 406 g/mol. The van der Waals surface area contributed by atoms with Crippen LogP contribution in [0.5, 0.6) is 17.2 Å². The maximum Gasteiger partial charge on any atom is 0.243 e. The van der Waals surface area contributed by atoms with Crippen molar-refractivity contribution in [3.05, 3.63) is 53.7 Å². The third-order valence-corrected chi connectivity index (χ3v) is 6.31. The molecule has 3 heterocycles. The molecule has 2 aliphatic heterocycles. The number of anilines is 1. The van der Waals surface area contributed by atoms with E-state index in [1.54, 1.807) is 12.3 Å². The number of rotatable bonds is 8. The predicted molar refractivity (Wildman–Crippen MR) is 120 cm³/mol. The van der Waals surface area contributed by atoms with Crippen LogP contribution in [-0.2, 0) is 16.0 Å². The van der Waals surface area contributed by atoms with Gasteiger partial charge in [0.15, 0.2) is 0 Å². The van der Waals surface area contributed by atoms with Gasteiger partial charge in [0.1, 0.15) is 29.2 Å². The van der Waals surface area contributed by atoms with Crippen molar-refractivity contribution in [2.45, 2.75) is 51.0 Å². The van der Waals surface area contributed by atoms with Gasteiger partial charge in [-0.2, -0.15) is 0 Å². The molecule has 3 unspecified atom stereocenters. The van der Waals surface area contributed by atoms with E-state index in [0.29, 0.717) is 31.0 Å². The zero-order valence-corrected chi connectivity index (χ0v) is 18.1. The highest BCUT2D eigenvalue weighted by atomic mass is 16.5. The van der Waals surface area contributed by atoms with Crippen molar-refractivity contribution in [3.63, 3.8) is 0 Å². The monoisotopic (exact) mass is 433 g/mol. The van der Waals surface area contributed by atoms with E-state index in [4.69, 9.17) is 9.47 Å². The van der Waals surface area contributed by atoms with Gasteiger partial charge >= 0.3 is 0 Å². The number of nitrogens with one attached hydrogen (secondary N) is 2. The maximum atomic E-state index is 12.0. The summed E-state index contributed by atoms with van der Waals surface area (Å²) in [7, 11) is 0. The number of fused-ring (bicyclic) bond motifs is 4. The third-order valence-electron chi connectivity index (χ3n) is 6.31. The SMILES string of the molecule is CCCCC=CC(=O)NCC1C2Oc3ccc(Oc4ccnc5c4CCC(=O)N5)cc3C12. The number of benzene rings is 1. The van der Waals surface area contributed by atoms with Crippen LogP contribution in [0.4, 0.5) is 5.82 Å². The highest BCUT2D eigenvalue weighted by Gasteiger charge is 2.58. The Balaban J connectivity index is 1.22. The number of carbonyl (C=O) groups is 2. The zero-order chi connectivity index (χ0) is 22.1. The molecular formula is C25H27N3O4. The van der Waals surface area contributed by atoms with Crippen LogP contribution in [0.2, 0.25) is 0 Å². The lowest BCUT2D eigenvalue weighted by Gasteiger charge is -2.19. The highest BCUT2D eigenvalue weighted by molar-refractivity contribution is 5.93. The van der Waals surface area contributed by atoms with Gasteiger partial charge in [-0.1, -0.05) is 25.8 Å². The van der Waals surface area contributed by atoms with Crippen molar-refractivity contribution in [2.24, 2.45) is 5.92 Å². The summed E-state index contributed by atoms with van der Waals surface area (Å²) in [5.41, 5.74) is 2.04. The molecule has 0 radical (unpaired) electrons. The lowest BCUT2D eigenvalue weighted by Crippen LogP contribution is -2.25. The Bertz CT molecular complexity index is 1080. The Morgan fingerprint density at radius 2 is 2.25 bits per heavy atom. The predicted octanol–water partition coefficient (Wildman–Crippen LogP) is 4.10. The molecule has 0 spiro atoms. The third kappa shape index (κ3) is 4.07. The molecule has 3 atom stereocenters. The van der Waals surface area contributed by atoms with Crippen LogP contribution < -0.4 is 20.1 Å². The zero-order valence-electron chi connectivity index (χ0n) is 18.1. The standard InChI is InChI=1S/C25H27N3O4/c1-2-3-4-5-6-21(29)27-14-18-23-17-13-15(7-9-19(17)32-24(18)23)31-20-11-12-26-25-16(20)8-10-22(30)28-25/h5-7,9,11-13,18,23-24H,2-4,8,10,14H2,1H3,(H,27,29)(H,26,28,30). The Morgan fingerprint density at radius 1 is 1.34 bits per heavy atom. The molecule has 0 saturated heterocycles. The van der Waals surface area contributed by atoms with E-state index in [1.807, 2.05) is 30.3 Å². The summed E-state index contributed by atoms with van der Waals surface area (Å²) in [6.07, 6.45) is 9.53. The molecule has 7 heteroatoms. The molecule has 2 aromatic rings. The number of ether oxygens (including phenoxy) is 2. The molecule has 1 aliphatic carbocycles. The number of pyridine rings is 1. The van der Waals surface area contributed by atoms with E-state index in [2.05, 4.69) is 22.5 Å². The van der Waals surface area contributed by atoms with E-state index in [-0.39, 0.29) is 29.8 Å². The van der Waals surface area contributed by atoms with Crippen molar-refractivity contribution >= 4 is 17.6 Å². The minimum atomic E-state index is -0.0436. The summed E-state index contributed by atoms with van der Waals surface area (Å²) in [5, 5.41) is 5.79. The minimum absolute atomic E-state index is 0.0220. The molecule has 5 rings (SSSR count). The van der Waals surface area contributed by atoms with Gasteiger partial charge in [-0.05, 0) is 43.2 Å². The molecule has 1 aromatic carbocycles. The van der Waals surface area contributed by atoms with Gasteiger partial charge in [-0.3, -0.25) is 9.59 Å². The van der Waals surface area contributed by atoms with Crippen molar-refractivity contribution < 1.29 is 19.1 Å². The number of aromatic nitrogens is 1. The molecule has 2 amide bonds. The van der Waals surface area contributed by atoms with Crippen LogP contribution in [0.1, 0.15) is 49.7 Å². The van der Waals surface area contributed by atoms with Crippen molar-refractivity contribution in [2.75, 3.05) is 11.9 Å². The van der Waals surface area contributed by atoms with Gasteiger partial charge in [0.05, 0.1) is 0 Å². The number of unbranched alkanes of at least 4 members (excludes halogenated alkanes) is 2. The molecule has 0 bridgehead atoms. The van der Waals surface area contributed by atoms with Gasteiger partial charge < -0.3 is 20.1 Å². The van der Waals surface area contributed by atoms with E-state index in [9.17, 15) is 9.59 Å². The van der Waals surface area contributed by atoms with Crippen LogP contribution >= 0.6 is 0 Å². The topological polar surface area (TPSA) is 89.6 Å². The van der Waals surface area contributed by atoms with Crippen LogP contribution in [-0.4, -0.2) is 29.4 Å². The number of hydrogen-bond acceptors (Lipinski definition) is 5. The number of amides is 2. The second-order valence-electron chi connectivity index (χ2n) is 8.55. The van der Waals surface area contributed by atoms with E-state index in [0.717, 1.165) is 41.9 Å². The van der Waals surface area contributed by atoms with Crippen LogP contribution in [0, 0.1) is 5.92 Å². The molecule has 2 N–H and O–H groups in total. The summed E-state index contributed by atoms with van der Waals surface area (Å²) in [6, 6.07) is 7.70. The number of carbonyl (C=O) groups excluding carboxylic acids is 2. The average molecular weight is 434 g/mol. The maximum absolute atomic E-state index is 12.0. The lowest BCUT2D eigenvalue weighted by molar-refractivity contribution is -0.117. The molecule has 1 fully saturated rings. The first-order valence-corrected chi connectivity index (χ1v) is 11.3. The number of allylic oxidation sites excluding steroid dienone is 1. The van der Waals surface area contributed by atoms with Crippen molar-refractivity contribution in [3.8, 4) is 17.2 Å². The van der Waals surface area contributed by atoms with E-state index in [1.165, 1.54) is 0 Å². The van der Waals surface area contributed by atoms with E-state index >= 15 is 0 Å². The largest absolute Gasteiger partial charge is 0.489 e. The first-order chi connectivity index (χ1) is 15.6. The number of nitrogens with zero attached hydrogens (tertiary/aromatic N) is 1. The summed E-state index contributed by atoms with van der Waals surface area (Å²) in [6.45, 7) is 2.74. The van der Waals surface area contributed by atoms with Gasteiger partial charge in [0.2, 0.25) is 11.8 Å². The summed E-state index contributed by atoms with van der Waals surface area (Å²) in [4.78, 5) is 27.9. The first-order valence-electron chi connectivity index (χ1n) is 11.3. The molecule has 7 nitrogen and oxygen atoms in total. The van der Waals surface area contributed by atoms with Crippen molar-refractivity contribution in [1.82, 2.24) is 10.3 Å². The number of hydrogen-bond donors (Lipinski definition) is 2. The Kier molecular flexibility index (Phi) is 5.55. The second kappa shape index (κ2) is 8.65. The summed E-state index contributed by atoms with van der Waals surface area (Å²) < 4.78 is 12.2. The molecule has 3 aliphatic rings. The normalized spacial score (nSPS) is 22.4. The molecule has 32 heavy (non-hydrogen) atoms. The summed E-state index contributed by atoms with van der Waals surface area (Å²) in [5.74, 6) is 3.40. The fourth-order valence-corrected chi connectivity index (χ4v) is 4.53. The molecule has 1 aromatic heterocycles. The van der Waals surface area contributed by atoms with Gasteiger partial charge in [-0.25, -0.2) is 4.98 Å². The average Bonchev–Trinajstić information content (AvgIpc) is 3.34. The quantitative estimate of drug-likeness (QED) is 0.483. The lowest BCUT2D eigenvalue weighted by atomic mass is 10.1. The molecule has 166 valence electrons. The second-order valence-corrected chi connectivity index (χ2v) is 8.55. The fourth-order valence-electron chi connectivity index (χ4n) is 4.53. The summed E-state index contributed by atoms with van der Waals surface area (Å²) >= 11 is 0. The Hall–Kier alpha value is -3.35. The van der Waals surface area contributed by atoms with Crippen LogP contribution in [0.25, 0.3) is 0 Å². The van der Waals surface area contributed by atoms with Crippen LogP contribution in [0.3, 0.4) is 0 Å². The first kappa shape index (κ1) is 20.5. The Morgan fingerprint density at radius 3 is 3.12 bits per heavy atom. The minimum Gasteiger partial charge on any atom is -0.489 e. The van der Waals surface area contributed by atoms with Gasteiger partial charge in [0.25, 0.3) is 0 Å².